The number of ether oxygens (including phenoxy) is 1. The predicted molar refractivity (Wildman–Crippen MR) is 252 cm³/mol. The number of rotatable bonds is 16. The molecule has 4 aromatic carbocycles. The molecule has 6 aromatic rings. The summed E-state index contributed by atoms with van der Waals surface area (Å²) in [7, 11) is 1.51. The second-order valence-electron chi connectivity index (χ2n) is 17.7. The van der Waals surface area contributed by atoms with Gasteiger partial charge in [0.15, 0.2) is 5.78 Å². The minimum absolute atomic E-state index is 0.00761. The van der Waals surface area contributed by atoms with Crippen LogP contribution in [0.25, 0.3) is 33.5 Å². The molecule has 16 heteroatoms. The molecule has 348 valence electrons. The summed E-state index contributed by atoms with van der Waals surface area (Å²) >= 11 is 0. The molecule has 8 rings (SSSR count). The SMILES string of the molecule is COc1ccc(C(=O)CCCCCN2CCN(Cc3ccc(-c4cc5c(-c6cc(F)cc(NC(=O)c7ccc(C(C)(C)O)cc7F)c6C)ncnc5[nH]4)cc3)CC2)cc1N1CCC(=O)NC1=O. The number of piperazine rings is 1. The van der Waals surface area contributed by atoms with Crippen LogP contribution in [0.1, 0.15) is 83.4 Å². The Bertz CT molecular complexity index is 2830. The maximum Gasteiger partial charge on any atom is 0.328 e. The van der Waals surface area contributed by atoms with Gasteiger partial charge in [0, 0.05) is 80.0 Å². The van der Waals surface area contributed by atoms with Gasteiger partial charge in [-0.2, -0.15) is 0 Å². The van der Waals surface area contributed by atoms with Crippen molar-refractivity contribution in [2.24, 2.45) is 0 Å². The number of nitrogens with zero attached hydrogens (tertiary/aromatic N) is 5. The summed E-state index contributed by atoms with van der Waals surface area (Å²) in [6.45, 7) is 10.6. The van der Waals surface area contributed by atoms with Crippen molar-refractivity contribution in [3.63, 3.8) is 0 Å². The molecular formula is C51H54F2N8O6. The molecule has 0 unspecified atom stereocenters. The van der Waals surface area contributed by atoms with Crippen LogP contribution >= 0.6 is 0 Å². The van der Waals surface area contributed by atoms with E-state index in [1.54, 1.807) is 25.1 Å². The molecule has 0 spiro atoms. The van der Waals surface area contributed by atoms with E-state index in [0.717, 1.165) is 75.9 Å². The van der Waals surface area contributed by atoms with E-state index in [1.807, 2.05) is 6.07 Å². The summed E-state index contributed by atoms with van der Waals surface area (Å²) in [5.41, 5.74) is 4.91. The number of fused-ring (bicyclic) bond motifs is 1. The number of methoxy groups -OCH3 is 1. The van der Waals surface area contributed by atoms with Crippen molar-refractivity contribution < 1.29 is 37.8 Å². The molecule has 2 saturated heterocycles. The van der Waals surface area contributed by atoms with Gasteiger partial charge in [0.2, 0.25) is 5.91 Å². The highest BCUT2D eigenvalue weighted by Gasteiger charge is 2.28. The van der Waals surface area contributed by atoms with E-state index in [2.05, 4.69) is 59.7 Å². The van der Waals surface area contributed by atoms with Gasteiger partial charge in [-0.25, -0.2) is 23.5 Å². The van der Waals surface area contributed by atoms with E-state index in [1.165, 1.54) is 62.0 Å². The van der Waals surface area contributed by atoms with Crippen LogP contribution in [0, 0.1) is 18.6 Å². The zero-order valence-corrected chi connectivity index (χ0v) is 38.0. The third-order valence-electron chi connectivity index (χ3n) is 12.6. The maximum absolute atomic E-state index is 15.2. The summed E-state index contributed by atoms with van der Waals surface area (Å²) in [5.74, 6) is -2.02. The number of anilines is 2. The first-order valence-corrected chi connectivity index (χ1v) is 22.5. The summed E-state index contributed by atoms with van der Waals surface area (Å²) < 4.78 is 35.6. The third-order valence-corrected chi connectivity index (χ3v) is 12.6. The van der Waals surface area contributed by atoms with Crippen LogP contribution in [0.2, 0.25) is 0 Å². The zero-order valence-electron chi connectivity index (χ0n) is 38.0. The van der Waals surface area contributed by atoms with Crippen molar-refractivity contribution in [1.82, 2.24) is 30.1 Å². The second-order valence-corrected chi connectivity index (χ2v) is 17.7. The Morgan fingerprint density at radius 3 is 2.36 bits per heavy atom. The number of hydrogen-bond donors (Lipinski definition) is 4. The number of amides is 4. The van der Waals surface area contributed by atoms with Crippen LogP contribution in [0.15, 0.2) is 85.2 Å². The quantitative estimate of drug-likeness (QED) is 0.0546. The van der Waals surface area contributed by atoms with Crippen molar-refractivity contribution in [3.8, 4) is 28.3 Å². The van der Waals surface area contributed by atoms with Gasteiger partial charge in [-0.1, -0.05) is 36.8 Å². The number of halogens is 2. The van der Waals surface area contributed by atoms with E-state index in [-0.39, 0.29) is 35.9 Å². The number of Topliss-reactive ketones (excluding diaryl/α,β-unsaturated/α-hetero) is 1. The zero-order chi connectivity index (χ0) is 47.4. The molecule has 0 bridgehead atoms. The Balaban J connectivity index is 0.820. The van der Waals surface area contributed by atoms with E-state index in [0.29, 0.717) is 56.8 Å². The van der Waals surface area contributed by atoms with Crippen LogP contribution in [0.4, 0.5) is 25.0 Å². The number of aliphatic hydroxyl groups is 1. The molecule has 4 N–H and O–H groups in total. The lowest BCUT2D eigenvalue weighted by atomic mass is 9.96. The largest absolute Gasteiger partial charge is 0.495 e. The van der Waals surface area contributed by atoms with Gasteiger partial charge in [0.25, 0.3) is 5.91 Å². The third kappa shape index (κ3) is 10.7. The topological polar surface area (TPSA) is 173 Å². The Morgan fingerprint density at radius 2 is 1.64 bits per heavy atom. The lowest BCUT2D eigenvalue weighted by Crippen LogP contribution is -2.49. The first kappa shape index (κ1) is 46.6. The summed E-state index contributed by atoms with van der Waals surface area (Å²) in [6.07, 6.45) is 4.68. The fourth-order valence-corrected chi connectivity index (χ4v) is 8.66. The number of unbranched alkanes of at least 4 members (excludes halogenated alkanes) is 2. The average Bonchev–Trinajstić information content (AvgIpc) is 3.75. The van der Waals surface area contributed by atoms with Crippen molar-refractivity contribution in [2.75, 3.05) is 56.6 Å². The molecule has 4 heterocycles. The first-order chi connectivity index (χ1) is 32.1. The first-order valence-electron chi connectivity index (χ1n) is 22.5. The van der Waals surface area contributed by atoms with Gasteiger partial charge in [-0.15, -0.1) is 0 Å². The standard InChI is InChI=1S/C51H54F2N8O6/c1-31-38(26-36(52)27-41(31)57-49(64)37-15-14-35(25-40(37)53)51(2,3)66)47-39-28-42(56-48(39)55-30-54-47)33-11-9-32(10-12-33)29-60-22-20-59(21-23-60)18-7-5-6-8-44(62)34-13-16-45(67-4)43(24-34)61-19-17-46(63)58-50(61)65/h9-16,24-28,30,66H,5-8,17-23,29H2,1-4H3,(H,57,64)(H,54,55,56)(H,58,63,65). The highest BCUT2D eigenvalue weighted by Crippen LogP contribution is 2.36. The summed E-state index contributed by atoms with van der Waals surface area (Å²) in [6, 6.07) is 21.3. The van der Waals surface area contributed by atoms with Crippen LogP contribution in [0.3, 0.4) is 0 Å². The maximum atomic E-state index is 15.2. The molecule has 2 aliphatic heterocycles. The molecule has 2 aliphatic rings. The van der Waals surface area contributed by atoms with Crippen LogP contribution in [-0.4, -0.2) is 99.9 Å². The van der Waals surface area contributed by atoms with Crippen LogP contribution in [0.5, 0.6) is 5.75 Å². The van der Waals surface area contributed by atoms with Gasteiger partial charge < -0.3 is 25.0 Å². The Morgan fingerprint density at radius 1 is 0.881 bits per heavy atom. The van der Waals surface area contributed by atoms with E-state index < -0.39 is 29.2 Å². The number of ketones is 1. The number of imide groups is 1. The van der Waals surface area contributed by atoms with Crippen molar-refractivity contribution in [3.05, 3.63) is 125 Å². The van der Waals surface area contributed by atoms with E-state index >= 15 is 4.39 Å². The molecule has 2 aromatic heterocycles. The summed E-state index contributed by atoms with van der Waals surface area (Å²) in [5, 5.41) is 15.9. The number of H-pyrrole nitrogens is 1. The number of carbonyl (C=O) groups excluding carboxylic acids is 4. The predicted octanol–water partition coefficient (Wildman–Crippen LogP) is 8.37. The highest BCUT2D eigenvalue weighted by atomic mass is 19.1. The number of aromatic amines is 1. The molecule has 67 heavy (non-hydrogen) atoms. The lowest BCUT2D eigenvalue weighted by molar-refractivity contribution is -0.120. The monoisotopic (exact) mass is 912 g/mol. The fraction of sp³-hybridized carbons (Fsp3) is 0.333. The minimum Gasteiger partial charge on any atom is -0.495 e. The Hall–Kier alpha value is -6.88. The molecule has 4 amide bonds. The van der Waals surface area contributed by atoms with Gasteiger partial charge in [0.05, 0.1) is 29.7 Å². The normalized spacial score (nSPS) is 14.9. The van der Waals surface area contributed by atoms with Crippen molar-refractivity contribution >= 4 is 46.0 Å². The molecule has 0 radical (unpaired) electrons. The van der Waals surface area contributed by atoms with E-state index in [4.69, 9.17) is 4.74 Å². The van der Waals surface area contributed by atoms with Gasteiger partial charge in [0.1, 0.15) is 29.4 Å². The van der Waals surface area contributed by atoms with Crippen molar-refractivity contribution in [2.45, 2.75) is 65.0 Å². The summed E-state index contributed by atoms with van der Waals surface area (Å²) in [4.78, 5) is 69.1. The number of hydrogen-bond acceptors (Lipinski definition) is 10. The number of benzene rings is 4. The molecule has 0 atom stereocenters. The minimum atomic E-state index is -1.29. The molecule has 14 nitrogen and oxygen atoms in total. The van der Waals surface area contributed by atoms with Gasteiger partial charge >= 0.3 is 6.03 Å². The second kappa shape index (κ2) is 19.9. The van der Waals surface area contributed by atoms with E-state index in [9.17, 15) is 28.7 Å². The van der Waals surface area contributed by atoms with Crippen LogP contribution in [-0.2, 0) is 16.9 Å². The molecule has 2 fully saturated rings. The van der Waals surface area contributed by atoms with Gasteiger partial charge in [-0.3, -0.25) is 29.5 Å². The fourth-order valence-electron chi connectivity index (χ4n) is 8.66. The van der Waals surface area contributed by atoms with Crippen molar-refractivity contribution in [1.29, 1.82) is 0 Å². The number of nitrogens with one attached hydrogen (secondary N) is 3. The molecular weight excluding hydrogens is 859 g/mol. The van der Waals surface area contributed by atoms with Crippen LogP contribution < -0.4 is 20.3 Å². The average molecular weight is 913 g/mol. The number of carbonyl (C=O) groups is 4. The number of aromatic nitrogens is 3. The Kier molecular flexibility index (Phi) is 13.9. The molecule has 0 aliphatic carbocycles. The van der Waals surface area contributed by atoms with Gasteiger partial charge in [-0.05, 0) is 111 Å². The molecule has 0 saturated carbocycles. The highest BCUT2D eigenvalue weighted by molar-refractivity contribution is 6.08. The smallest absolute Gasteiger partial charge is 0.328 e. The number of urea groups is 1. The Labute approximate surface area is 387 Å². The lowest BCUT2D eigenvalue weighted by Gasteiger charge is -2.34.